The third kappa shape index (κ3) is 4.75. The number of ether oxygens (including phenoxy) is 2. The number of carbonyl (C=O) groups is 2. The van der Waals surface area contributed by atoms with Crippen LogP contribution in [0.5, 0.6) is 17.4 Å². The third-order valence-electron chi connectivity index (χ3n) is 6.99. The van der Waals surface area contributed by atoms with Gasteiger partial charge in [0, 0.05) is 37.5 Å². The Kier molecular flexibility index (Phi) is 6.58. The first-order chi connectivity index (χ1) is 17.4. The van der Waals surface area contributed by atoms with Crippen molar-refractivity contribution in [1.29, 1.82) is 0 Å². The number of benzene rings is 2. The zero-order valence-corrected chi connectivity index (χ0v) is 21.1. The SMILES string of the molecule is COc1ccc(CC(=O)N2CCCC23CN(C(=O)c2ccc(Oc4ccc(Cl)cn4)cc2)C3)cc1C. The number of hydrogen-bond donors (Lipinski definition) is 0. The fraction of sp³-hybridized carbons (Fsp3) is 0.321. The van der Waals surface area contributed by atoms with Gasteiger partial charge in [0.05, 0.1) is 24.1 Å². The lowest BCUT2D eigenvalue weighted by Gasteiger charge is -2.52. The number of halogens is 1. The summed E-state index contributed by atoms with van der Waals surface area (Å²) < 4.78 is 11.0. The van der Waals surface area contributed by atoms with Crippen molar-refractivity contribution in [2.45, 2.75) is 31.7 Å². The van der Waals surface area contributed by atoms with E-state index in [1.54, 1.807) is 43.5 Å². The van der Waals surface area contributed by atoms with Crippen LogP contribution in [0.2, 0.25) is 5.02 Å². The maximum atomic E-state index is 13.2. The Morgan fingerprint density at radius 1 is 1.08 bits per heavy atom. The van der Waals surface area contributed by atoms with Crippen molar-refractivity contribution in [2.75, 3.05) is 26.7 Å². The van der Waals surface area contributed by atoms with Gasteiger partial charge in [-0.25, -0.2) is 4.98 Å². The Morgan fingerprint density at radius 2 is 1.86 bits per heavy atom. The summed E-state index contributed by atoms with van der Waals surface area (Å²) in [4.78, 5) is 34.2. The van der Waals surface area contributed by atoms with Gasteiger partial charge in [-0.3, -0.25) is 9.59 Å². The second-order valence-corrected chi connectivity index (χ2v) is 9.89. The number of carbonyl (C=O) groups excluding carboxylic acids is 2. The zero-order chi connectivity index (χ0) is 25.3. The first kappa shape index (κ1) is 24.1. The number of aryl methyl sites for hydroxylation is 1. The molecule has 1 spiro atoms. The molecule has 0 saturated carbocycles. The van der Waals surface area contributed by atoms with E-state index >= 15 is 0 Å². The van der Waals surface area contributed by atoms with Gasteiger partial charge in [0.25, 0.3) is 5.91 Å². The van der Waals surface area contributed by atoms with E-state index in [0.29, 0.717) is 41.7 Å². The molecule has 2 fully saturated rings. The largest absolute Gasteiger partial charge is 0.496 e. The Morgan fingerprint density at radius 3 is 2.53 bits per heavy atom. The lowest BCUT2D eigenvalue weighted by molar-refractivity contribution is -0.139. The van der Waals surface area contributed by atoms with Gasteiger partial charge in [0.15, 0.2) is 0 Å². The van der Waals surface area contributed by atoms with E-state index in [9.17, 15) is 9.59 Å². The Bertz CT molecular complexity index is 1270. The molecule has 3 heterocycles. The number of methoxy groups -OCH3 is 1. The molecule has 0 N–H and O–H groups in total. The van der Waals surface area contributed by atoms with Crippen LogP contribution >= 0.6 is 11.6 Å². The van der Waals surface area contributed by atoms with Crippen molar-refractivity contribution >= 4 is 23.4 Å². The van der Waals surface area contributed by atoms with Crippen LogP contribution < -0.4 is 9.47 Å². The minimum atomic E-state index is -0.252. The van der Waals surface area contributed by atoms with Crippen LogP contribution in [0.3, 0.4) is 0 Å². The van der Waals surface area contributed by atoms with Crippen LogP contribution in [0.4, 0.5) is 0 Å². The van der Waals surface area contributed by atoms with Crippen LogP contribution in [0.25, 0.3) is 0 Å². The van der Waals surface area contributed by atoms with Crippen LogP contribution in [-0.2, 0) is 11.2 Å². The molecular formula is C28H28ClN3O4. The highest BCUT2D eigenvalue weighted by molar-refractivity contribution is 6.30. The minimum Gasteiger partial charge on any atom is -0.496 e. The summed E-state index contributed by atoms with van der Waals surface area (Å²) in [7, 11) is 1.64. The number of amides is 2. The molecule has 5 rings (SSSR count). The van der Waals surface area contributed by atoms with Crippen molar-refractivity contribution in [2.24, 2.45) is 0 Å². The molecule has 0 unspecified atom stereocenters. The predicted octanol–water partition coefficient (Wildman–Crippen LogP) is 4.90. The maximum absolute atomic E-state index is 13.2. The maximum Gasteiger partial charge on any atom is 0.254 e. The quantitative estimate of drug-likeness (QED) is 0.476. The van der Waals surface area contributed by atoms with Gasteiger partial charge < -0.3 is 19.3 Å². The van der Waals surface area contributed by atoms with E-state index in [1.807, 2.05) is 34.9 Å². The van der Waals surface area contributed by atoms with Crippen LogP contribution in [-0.4, -0.2) is 58.9 Å². The number of rotatable bonds is 6. The number of pyridine rings is 1. The number of hydrogen-bond acceptors (Lipinski definition) is 5. The van der Waals surface area contributed by atoms with E-state index in [0.717, 1.165) is 36.3 Å². The van der Waals surface area contributed by atoms with Crippen LogP contribution in [0.15, 0.2) is 60.8 Å². The molecule has 0 atom stereocenters. The van der Waals surface area contributed by atoms with Crippen molar-refractivity contribution < 1.29 is 19.1 Å². The van der Waals surface area contributed by atoms with Gasteiger partial charge in [-0.15, -0.1) is 0 Å². The fourth-order valence-electron chi connectivity index (χ4n) is 5.18. The molecule has 2 aliphatic rings. The smallest absolute Gasteiger partial charge is 0.254 e. The van der Waals surface area contributed by atoms with E-state index in [4.69, 9.17) is 21.1 Å². The average Bonchev–Trinajstić information content (AvgIpc) is 3.30. The zero-order valence-electron chi connectivity index (χ0n) is 20.4. The highest BCUT2D eigenvalue weighted by Crippen LogP contribution is 2.39. The Labute approximate surface area is 215 Å². The van der Waals surface area contributed by atoms with Crippen LogP contribution in [0, 0.1) is 6.92 Å². The summed E-state index contributed by atoms with van der Waals surface area (Å²) in [6.45, 7) is 3.84. The summed E-state index contributed by atoms with van der Waals surface area (Å²) in [5.41, 5.74) is 2.33. The summed E-state index contributed by atoms with van der Waals surface area (Å²) >= 11 is 5.86. The number of nitrogens with zero attached hydrogens (tertiary/aromatic N) is 3. The molecule has 2 saturated heterocycles. The fourth-order valence-corrected chi connectivity index (χ4v) is 5.29. The van der Waals surface area contributed by atoms with Crippen molar-refractivity contribution in [3.8, 4) is 17.4 Å². The molecular weight excluding hydrogens is 478 g/mol. The van der Waals surface area contributed by atoms with Gasteiger partial charge in [0.1, 0.15) is 11.5 Å². The lowest BCUT2D eigenvalue weighted by atomic mass is 9.86. The second kappa shape index (κ2) is 9.82. The first-order valence-corrected chi connectivity index (χ1v) is 12.4. The highest BCUT2D eigenvalue weighted by Gasteiger charge is 2.53. The standard InChI is InChI=1S/C28H28ClN3O4/c1-19-14-20(4-10-24(19)35-2)15-26(33)32-13-3-12-28(32)17-31(18-28)27(34)21-5-8-23(9-6-21)36-25-11-7-22(29)16-30-25/h4-11,14,16H,3,12-13,15,17-18H2,1-2H3. The molecule has 2 amide bonds. The van der Waals surface area contributed by atoms with E-state index in [1.165, 1.54) is 6.20 Å². The number of aromatic nitrogens is 1. The summed E-state index contributed by atoms with van der Waals surface area (Å²) in [5, 5.41) is 0.536. The molecule has 3 aromatic rings. The highest BCUT2D eigenvalue weighted by atomic mass is 35.5. The van der Waals surface area contributed by atoms with E-state index in [2.05, 4.69) is 4.98 Å². The van der Waals surface area contributed by atoms with Gasteiger partial charge >= 0.3 is 0 Å². The predicted molar refractivity (Wildman–Crippen MR) is 137 cm³/mol. The van der Waals surface area contributed by atoms with Crippen molar-refractivity contribution in [1.82, 2.24) is 14.8 Å². The van der Waals surface area contributed by atoms with Crippen molar-refractivity contribution in [3.05, 3.63) is 82.5 Å². The molecule has 0 aliphatic carbocycles. The van der Waals surface area contributed by atoms with Gasteiger partial charge in [0.2, 0.25) is 11.8 Å². The van der Waals surface area contributed by atoms with Crippen molar-refractivity contribution in [3.63, 3.8) is 0 Å². The summed E-state index contributed by atoms with van der Waals surface area (Å²) in [5.74, 6) is 1.91. The summed E-state index contributed by atoms with van der Waals surface area (Å²) in [6.07, 6.45) is 3.75. The molecule has 1 aromatic heterocycles. The molecule has 2 aromatic carbocycles. The second-order valence-electron chi connectivity index (χ2n) is 9.46. The molecule has 0 bridgehead atoms. The Hall–Kier alpha value is -3.58. The number of likely N-dealkylation sites (tertiary alicyclic amines) is 2. The third-order valence-corrected chi connectivity index (χ3v) is 7.22. The lowest BCUT2D eigenvalue weighted by Crippen LogP contribution is -2.70. The van der Waals surface area contributed by atoms with Gasteiger partial charge in [-0.1, -0.05) is 23.7 Å². The van der Waals surface area contributed by atoms with Gasteiger partial charge in [-0.2, -0.15) is 0 Å². The molecule has 2 aliphatic heterocycles. The van der Waals surface area contributed by atoms with Gasteiger partial charge in [-0.05, 0) is 67.3 Å². The molecule has 8 heteroatoms. The van der Waals surface area contributed by atoms with Crippen LogP contribution in [0.1, 0.15) is 34.3 Å². The van der Waals surface area contributed by atoms with E-state index < -0.39 is 0 Å². The first-order valence-electron chi connectivity index (χ1n) is 12.0. The minimum absolute atomic E-state index is 0.0399. The Balaban J connectivity index is 1.19. The monoisotopic (exact) mass is 505 g/mol. The normalized spacial score (nSPS) is 16.1. The topological polar surface area (TPSA) is 72.0 Å². The molecule has 186 valence electrons. The molecule has 0 radical (unpaired) electrons. The van der Waals surface area contributed by atoms with E-state index in [-0.39, 0.29) is 17.4 Å². The summed E-state index contributed by atoms with van der Waals surface area (Å²) in [6, 6.07) is 16.3. The molecule has 7 nitrogen and oxygen atoms in total. The average molecular weight is 506 g/mol. The molecule has 36 heavy (non-hydrogen) atoms.